The molecule has 1 aliphatic heterocycles. The molecule has 2 heterocycles. The zero-order valence-corrected chi connectivity index (χ0v) is 14.3. The van der Waals surface area contributed by atoms with Crippen LogP contribution in [0, 0.1) is 0 Å². The Morgan fingerprint density at radius 1 is 1.50 bits per heavy atom. The molecule has 0 unspecified atom stereocenters. The van der Waals surface area contributed by atoms with E-state index in [1.54, 1.807) is 11.1 Å². The summed E-state index contributed by atoms with van der Waals surface area (Å²) >= 11 is 0. The maximum atomic E-state index is 12.5. The number of carbonyl (C=O) groups is 1. The van der Waals surface area contributed by atoms with Crippen LogP contribution in [-0.4, -0.2) is 41.7 Å². The van der Waals surface area contributed by atoms with Crippen molar-refractivity contribution in [1.29, 1.82) is 0 Å². The van der Waals surface area contributed by atoms with Crippen LogP contribution in [0.4, 0.5) is 10.6 Å². The van der Waals surface area contributed by atoms with Gasteiger partial charge in [0, 0.05) is 24.3 Å². The maximum Gasteiger partial charge on any atom is 0.415 e. The molecule has 0 N–H and O–H groups in total. The van der Waals surface area contributed by atoms with Gasteiger partial charge in [-0.3, -0.25) is 9.80 Å². The van der Waals surface area contributed by atoms with E-state index in [4.69, 9.17) is 4.74 Å². The molecule has 22 heavy (non-hydrogen) atoms. The van der Waals surface area contributed by atoms with E-state index in [1.165, 1.54) is 6.42 Å². The van der Waals surface area contributed by atoms with Crippen molar-refractivity contribution in [2.45, 2.75) is 52.2 Å². The van der Waals surface area contributed by atoms with E-state index < -0.39 is 5.60 Å². The fourth-order valence-electron chi connectivity index (χ4n) is 2.88. The van der Waals surface area contributed by atoms with Gasteiger partial charge in [-0.15, -0.1) is 0 Å². The molecule has 2 rings (SSSR count). The maximum absolute atomic E-state index is 12.5. The van der Waals surface area contributed by atoms with Crippen LogP contribution in [0.2, 0.25) is 0 Å². The van der Waals surface area contributed by atoms with Gasteiger partial charge in [0.05, 0.1) is 0 Å². The number of rotatable bonds is 3. The van der Waals surface area contributed by atoms with E-state index in [0.29, 0.717) is 12.6 Å². The first-order valence-corrected chi connectivity index (χ1v) is 7.99. The van der Waals surface area contributed by atoms with E-state index in [1.807, 2.05) is 33.8 Å². The number of carbonyl (C=O) groups excluding carboxylic acids is 1. The molecule has 1 aliphatic rings. The van der Waals surface area contributed by atoms with Gasteiger partial charge < -0.3 is 4.74 Å². The second-order valence-electron chi connectivity index (χ2n) is 6.78. The summed E-state index contributed by atoms with van der Waals surface area (Å²) in [7, 11) is 2.12. The minimum absolute atomic E-state index is 0.320. The average Bonchev–Trinajstić information content (AvgIpc) is 2.84. The van der Waals surface area contributed by atoms with Gasteiger partial charge >= 0.3 is 6.09 Å². The summed E-state index contributed by atoms with van der Waals surface area (Å²) in [6.45, 7) is 9.20. The molecule has 0 spiro atoms. The Balaban J connectivity index is 2.31. The van der Waals surface area contributed by atoms with E-state index >= 15 is 0 Å². The van der Waals surface area contributed by atoms with E-state index in [-0.39, 0.29) is 6.09 Å². The largest absolute Gasteiger partial charge is 0.443 e. The molecule has 0 bridgehead atoms. The van der Waals surface area contributed by atoms with Crippen LogP contribution < -0.4 is 4.90 Å². The fourth-order valence-corrected chi connectivity index (χ4v) is 2.88. The molecule has 1 aromatic rings. The van der Waals surface area contributed by atoms with Crippen molar-refractivity contribution >= 4 is 11.9 Å². The fraction of sp³-hybridized carbons (Fsp3) is 0.647. The highest BCUT2D eigenvalue weighted by atomic mass is 16.6. The minimum Gasteiger partial charge on any atom is -0.443 e. The highest BCUT2D eigenvalue weighted by Gasteiger charge is 2.30. The van der Waals surface area contributed by atoms with Crippen LogP contribution in [0.1, 0.15) is 52.1 Å². The lowest BCUT2D eigenvalue weighted by molar-refractivity contribution is 0.0580. The number of amides is 1. The molecule has 0 aliphatic carbocycles. The molecule has 0 radical (unpaired) electrons. The third-order valence-electron chi connectivity index (χ3n) is 3.88. The Hall–Kier alpha value is -1.62. The molecule has 1 saturated heterocycles. The number of likely N-dealkylation sites (tertiary alicyclic amines) is 1. The molecule has 1 fully saturated rings. The Labute approximate surface area is 133 Å². The lowest BCUT2D eigenvalue weighted by Crippen LogP contribution is -2.38. The molecule has 0 saturated carbocycles. The van der Waals surface area contributed by atoms with Gasteiger partial charge in [-0.1, -0.05) is 6.07 Å². The first-order valence-electron chi connectivity index (χ1n) is 7.99. The number of nitrogens with zero attached hydrogens (tertiary/aromatic N) is 3. The van der Waals surface area contributed by atoms with Crippen LogP contribution in [0.5, 0.6) is 0 Å². The van der Waals surface area contributed by atoms with Gasteiger partial charge in [-0.05, 0) is 60.2 Å². The number of pyridine rings is 1. The zero-order chi connectivity index (χ0) is 16.3. The van der Waals surface area contributed by atoms with Crippen molar-refractivity contribution in [2.24, 2.45) is 0 Å². The molecule has 1 amide bonds. The topological polar surface area (TPSA) is 45.7 Å². The number of ether oxygens (including phenoxy) is 1. The van der Waals surface area contributed by atoms with E-state index in [0.717, 1.165) is 24.3 Å². The SMILES string of the molecule is CCN(C(=O)OC(C)(C)C)c1ncccc1[C@@H]1CCCN1C. The summed E-state index contributed by atoms with van der Waals surface area (Å²) < 4.78 is 5.52. The average molecular weight is 305 g/mol. The Morgan fingerprint density at radius 3 is 2.77 bits per heavy atom. The summed E-state index contributed by atoms with van der Waals surface area (Å²) in [6, 6.07) is 4.33. The van der Waals surface area contributed by atoms with Crippen molar-refractivity contribution in [3.05, 3.63) is 23.9 Å². The molecule has 0 aromatic carbocycles. The first-order chi connectivity index (χ1) is 10.3. The van der Waals surface area contributed by atoms with Gasteiger partial charge in [0.15, 0.2) is 0 Å². The zero-order valence-electron chi connectivity index (χ0n) is 14.3. The Bertz CT molecular complexity index is 525. The van der Waals surface area contributed by atoms with Crippen molar-refractivity contribution < 1.29 is 9.53 Å². The Kier molecular flexibility index (Phi) is 5.06. The summed E-state index contributed by atoms with van der Waals surface area (Å²) in [5, 5.41) is 0. The summed E-state index contributed by atoms with van der Waals surface area (Å²) in [6.07, 6.45) is 3.67. The van der Waals surface area contributed by atoms with Crippen LogP contribution in [0.3, 0.4) is 0 Å². The van der Waals surface area contributed by atoms with Gasteiger partial charge in [-0.25, -0.2) is 9.78 Å². The first kappa shape index (κ1) is 16.7. The van der Waals surface area contributed by atoms with E-state index in [2.05, 4.69) is 23.0 Å². The molecule has 1 aromatic heterocycles. The standard InChI is InChI=1S/C17H27N3O2/c1-6-20(16(21)22-17(2,3)4)15-13(9-7-11-18-15)14-10-8-12-19(14)5/h7,9,11,14H,6,8,10,12H2,1-5H3/t14-/m0/s1. The highest BCUT2D eigenvalue weighted by molar-refractivity contribution is 5.87. The van der Waals surface area contributed by atoms with Gasteiger partial charge in [0.1, 0.15) is 11.4 Å². The van der Waals surface area contributed by atoms with Gasteiger partial charge in [-0.2, -0.15) is 0 Å². The number of hydrogen-bond acceptors (Lipinski definition) is 4. The molecular formula is C17H27N3O2. The predicted molar refractivity (Wildman–Crippen MR) is 88.1 cm³/mol. The number of anilines is 1. The number of hydrogen-bond donors (Lipinski definition) is 0. The molecular weight excluding hydrogens is 278 g/mol. The van der Waals surface area contributed by atoms with Crippen LogP contribution in [-0.2, 0) is 4.74 Å². The third-order valence-corrected chi connectivity index (χ3v) is 3.88. The quantitative estimate of drug-likeness (QED) is 0.856. The normalized spacial score (nSPS) is 19.2. The van der Waals surface area contributed by atoms with Gasteiger partial charge in [0.2, 0.25) is 0 Å². The third kappa shape index (κ3) is 3.77. The van der Waals surface area contributed by atoms with Crippen LogP contribution in [0.15, 0.2) is 18.3 Å². The Morgan fingerprint density at radius 2 is 2.23 bits per heavy atom. The summed E-state index contributed by atoms with van der Waals surface area (Å²) in [5.74, 6) is 0.720. The minimum atomic E-state index is -0.510. The lowest BCUT2D eigenvalue weighted by Gasteiger charge is -2.29. The molecule has 1 atom stereocenters. The smallest absolute Gasteiger partial charge is 0.415 e. The summed E-state index contributed by atoms with van der Waals surface area (Å²) in [5.41, 5.74) is 0.596. The van der Waals surface area contributed by atoms with Crippen molar-refractivity contribution in [2.75, 3.05) is 25.0 Å². The molecule has 122 valence electrons. The van der Waals surface area contributed by atoms with Gasteiger partial charge in [0.25, 0.3) is 0 Å². The molecule has 5 heteroatoms. The summed E-state index contributed by atoms with van der Waals surface area (Å²) in [4.78, 5) is 20.9. The second-order valence-corrected chi connectivity index (χ2v) is 6.78. The number of aromatic nitrogens is 1. The lowest BCUT2D eigenvalue weighted by atomic mass is 10.1. The van der Waals surface area contributed by atoms with Crippen molar-refractivity contribution in [3.63, 3.8) is 0 Å². The monoisotopic (exact) mass is 305 g/mol. The van der Waals surface area contributed by atoms with Crippen LogP contribution in [0.25, 0.3) is 0 Å². The highest BCUT2D eigenvalue weighted by Crippen LogP contribution is 2.35. The van der Waals surface area contributed by atoms with Crippen molar-refractivity contribution in [3.8, 4) is 0 Å². The predicted octanol–water partition coefficient (Wildman–Crippen LogP) is 3.61. The molecule has 5 nitrogen and oxygen atoms in total. The second kappa shape index (κ2) is 6.65. The van der Waals surface area contributed by atoms with Crippen LogP contribution >= 0.6 is 0 Å². The van der Waals surface area contributed by atoms with E-state index in [9.17, 15) is 4.79 Å². The van der Waals surface area contributed by atoms with Crippen molar-refractivity contribution in [1.82, 2.24) is 9.88 Å².